The number of nitrogens with one attached hydrogen (secondary N) is 1. The number of benzene rings is 1. The van der Waals surface area contributed by atoms with Crippen molar-refractivity contribution in [1.82, 2.24) is 14.6 Å². The van der Waals surface area contributed by atoms with E-state index in [0.29, 0.717) is 55.1 Å². The van der Waals surface area contributed by atoms with Gasteiger partial charge in [-0.3, -0.25) is 9.79 Å². The van der Waals surface area contributed by atoms with Gasteiger partial charge in [-0.25, -0.2) is 31.3 Å². The van der Waals surface area contributed by atoms with E-state index < -0.39 is 50.6 Å². The Morgan fingerprint density at radius 2 is 1.86 bits per heavy atom. The number of carboxylic acid groups (broad SMARTS) is 1. The van der Waals surface area contributed by atoms with Crippen LogP contribution in [0.4, 0.5) is 8.78 Å². The molecule has 1 aromatic heterocycles. The van der Waals surface area contributed by atoms with Crippen LogP contribution in [0.5, 0.6) is 0 Å². The van der Waals surface area contributed by atoms with Crippen molar-refractivity contribution >= 4 is 50.7 Å². The van der Waals surface area contributed by atoms with Crippen LogP contribution in [0.2, 0.25) is 5.02 Å². The Kier molecular flexibility index (Phi) is 9.49. The second-order valence-corrected chi connectivity index (χ2v) is 14.2. The minimum atomic E-state index is -3.59. The van der Waals surface area contributed by atoms with Crippen molar-refractivity contribution in [2.75, 3.05) is 26.0 Å². The number of carbonyl (C=O) groups excluding carboxylic acids is 1. The smallest absolute Gasteiger partial charge is 0.338 e. The monoisotopic (exact) mass is 656 g/mol. The normalized spacial score (nSPS) is 23.9. The summed E-state index contributed by atoms with van der Waals surface area (Å²) < 4.78 is 61.7. The number of piperidine rings is 1. The lowest BCUT2D eigenvalue weighted by atomic mass is 9.83. The molecule has 1 saturated heterocycles. The van der Waals surface area contributed by atoms with Gasteiger partial charge in [0, 0.05) is 41.8 Å². The number of hydrogen-bond acceptors (Lipinski definition) is 9. The summed E-state index contributed by atoms with van der Waals surface area (Å²) in [5.74, 6) is -4.51. The summed E-state index contributed by atoms with van der Waals surface area (Å²) in [5, 5.41) is 14.2. The third-order valence-corrected chi connectivity index (χ3v) is 11.6. The van der Waals surface area contributed by atoms with E-state index >= 15 is 0 Å². The van der Waals surface area contributed by atoms with E-state index in [1.54, 1.807) is 11.6 Å². The number of aromatic nitrogens is 1. The second kappa shape index (κ2) is 13.0. The van der Waals surface area contributed by atoms with Gasteiger partial charge in [-0.05, 0) is 50.5 Å². The van der Waals surface area contributed by atoms with Crippen LogP contribution in [0.1, 0.15) is 55.1 Å². The summed E-state index contributed by atoms with van der Waals surface area (Å²) in [4.78, 5) is 33.4. The second-order valence-electron chi connectivity index (χ2n) is 10.9. The highest BCUT2D eigenvalue weighted by Crippen LogP contribution is 2.41. The molecule has 232 valence electrons. The standard InChI is InChI=1S/C28H31ClF2N4O6S2/c1-41-28(38)20-23(16-8-11-35(12-9-16)43(39,40)14-15-2-4-17(5-3-15)27(36)37)33-25(26-32-10-13-42-26)34-24(20)18-6-7-19(30)22(31)21(18)29/h6-7,10,13,15-17,24H,2-5,8-9,11-12,14H2,1H3,(H,33,34)(H,36,37)/t15-,17-,24?. The lowest BCUT2D eigenvalue weighted by Gasteiger charge is -2.37. The van der Waals surface area contributed by atoms with Crippen LogP contribution in [0.3, 0.4) is 0 Å². The van der Waals surface area contributed by atoms with Crippen molar-refractivity contribution in [3.8, 4) is 0 Å². The maximum absolute atomic E-state index is 14.6. The van der Waals surface area contributed by atoms with Crippen molar-refractivity contribution in [2.45, 2.75) is 44.6 Å². The molecular weight excluding hydrogens is 626 g/mol. The van der Waals surface area contributed by atoms with E-state index in [4.69, 9.17) is 16.3 Å². The number of esters is 1. The van der Waals surface area contributed by atoms with Gasteiger partial charge in [0.1, 0.15) is 6.04 Å². The van der Waals surface area contributed by atoms with Gasteiger partial charge >= 0.3 is 11.9 Å². The van der Waals surface area contributed by atoms with Crippen LogP contribution in [-0.2, 0) is 24.3 Å². The first-order valence-electron chi connectivity index (χ1n) is 13.9. The van der Waals surface area contributed by atoms with E-state index in [1.807, 2.05) is 0 Å². The molecule has 1 unspecified atom stereocenters. The first-order valence-corrected chi connectivity index (χ1v) is 16.8. The van der Waals surface area contributed by atoms with Gasteiger partial charge in [-0.2, -0.15) is 0 Å². The molecule has 0 bridgehead atoms. The molecule has 0 spiro atoms. The summed E-state index contributed by atoms with van der Waals surface area (Å²) in [6.45, 7) is 0.412. The van der Waals surface area contributed by atoms with Crippen LogP contribution >= 0.6 is 22.9 Å². The fraction of sp³-hybridized carbons (Fsp3) is 0.500. The Labute approximate surface area is 256 Å². The molecule has 1 saturated carbocycles. The Hall–Kier alpha value is -2.94. The maximum atomic E-state index is 14.6. The molecular formula is C28H31ClF2N4O6S2. The van der Waals surface area contributed by atoms with Gasteiger partial charge in [0.05, 0.1) is 29.4 Å². The topological polar surface area (TPSA) is 138 Å². The Bertz CT molecular complexity index is 1550. The number of aliphatic imine (C=N–C) groups is 1. The van der Waals surface area contributed by atoms with E-state index in [1.165, 1.54) is 28.8 Å². The molecule has 0 radical (unpaired) electrons. The molecule has 2 fully saturated rings. The number of carboxylic acids is 1. The molecule has 3 heterocycles. The number of carbonyl (C=O) groups is 2. The third kappa shape index (κ3) is 6.61. The molecule has 15 heteroatoms. The lowest BCUT2D eigenvalue weighted by Crippen LogP contribution is -2.44. The number of halogens is 3. The molecule has 3 aliphatic rings. The summed E-state index contributed by atoms with van der Waals surface area (Å²) >= 11 is 7.52. The molecule has 2 aliphatic heterocycles. The van der Waals surface area contributed by atoms with Gasteiger partial charge in [-0.1, -0.05) is 17.7 Å². The van der Waals surface area contributed by atoms with Crippen molar-refractivity contribution < 1.29 is 36.6 Å². The number of thiazole rings is 1. The highest BCUT2D eigenvalue weighted by Gasteiger charge is 2.40. The number of amidine groups is 1. The minimum absolute atomic E-state index is 0.0318. The van der Waals surface area contributed by atoms with Crippen molar-refractivity contribution in [3.05, 3.63) is 62.2 Å². The van der Waals surface area contributed by atoms with Gasteiger partial charge in [-0.15, -0.1) is 11.3 Å². The number of hydrogen-bond donors (Lipinski definition) is 2. The number of nitrogens with zero attached hydrogens (tertiary/aromatic N) is 3. The summed E-state index contributed by atoms with van der Waals surface area (Å²) in [6.07, 6.45) is 4.38. The third-order valence-electron chi connectivity index (χ3n) is 8.37. The van der Waals surface area contributed by atoms with Crippen LogP contribution in [0, 0.1) is 29.4 Å². The summed E-state index contributed by atoms with van der Waals surface area (Å²) in [6, 6.07) is 1.07. The predicted molar refractivity (Wildman–Crippen MR) is 156 cm³/mol. The summed E-state index contributed by atoms with van der Waals surface area (Å²) in [5.41, 5.74) is 0.598. The highest BCUT2D eigenvalue weighted by molar-refractivity contribution is 7.89. The fourth-order valence-electron chi connectivity index (χ4n) is 6.05. The van der Waals surface area contributed by atoms with Crippen LogP contribution in [-0.4, -0.2) is 66.5 Å². The lowest BCUT2D eigenvalue weighted by molar-refractivity contribution is -0.143. The predicted octanol–water partition coefficient (Wildman–Crippen LogP) is 4.53. The van der Waals surface area contributed by atoms with Gasteiger partial charge in [0.15, 0.2) is 22.5 Å². The molecule has 2 N–H and O–H groups in total. The van der Waals surface area contributed by atoms with Gasteiger partial charge < -0.3 is 15.2 Å². The molecule has 1 aliphatic carbocycles. The first kappa shape index (κ1) is 31.5. The van der Waals surface area contributed by atoms with Crippen molar-refractivity contribution in [2.24, 2.45) is 22.7 Å². The Morgan fingerprint density at radius 1 is 1.16 bits per heavy atom. The van der Waals surface area contributed by atoms with Crippen LogP contribution < -0.4 is 5.32 Å². The summed E-state index contributed by atoms with van der Waals surface area (Å²) in [7, 11) is -2.39. The fourth-order valence-corrected chi connectivity index (χ4v) is 8.80. The van der Waals surface area contributed by atoms with E-state index in [-0.39, 0.29) is 41.8 Å². The molecule has 43 heavy (non-hydrogen) atoms. The first-order chi connectivity index (χ1) is 20.5. The molecule has 0 amide bonds. The number of sulfonamides is 1. The quantitative estimate of drug-likeness (QED) is 0.312. The van der Waals surface area contributed by atoms with Gasteiger partial charge in [0.25, 0.3) is 0 Å². The van der Waals surface area contributed by atoms with Gasteiger partial charge in [0.2, 0.25) is 10.0 Å². The minimum Gasteiger partial charge on any atom is -0.481 e. The molecule has 2 aromatic rings. The van der Waals surface area contributed by atoms with Crippen molar-refractivity contribution in [1.29, 1.82) is 0 Å². The number of allylic oxidation sites excluding steroid dienone is 1. The average molecular weight is 657 g/mol. The van der Waals surface area contributed by atoms with Crippen LogP contribution in [0.15, 0.2) is 40.0 Å². The zero-order chi connectivity index (χ0) is 30.9. The van der Waals surface area contributed by atoms with E-state index in [0.717, 1.165) is 6.07 Å². The van der Waals surface area contributed by atoms with E-state index in [2.05, 4.69) is 15.3 Å². The Morgan fingerprint density at radius 3 is 2.47 bits per heavy atom. The largest absolute Gasteiger partial charge is 0.481 e. The zero-order valence-corrected chi connectivity index (χ0v) is 25.7. The maximum Gasteiger partial charge on any atom is 0.338 e. The van der Waals surface area contributed by atoms with E-state index in [9.17, 15) is 31.9 Å². The SMILES string of the molecule is COC(=O)C1=C(C2CCN(S(=O)(=O)C[C@H]3CC[C@H](C(=O)O)CC3)CC2)NC(c2nccs2)=NC1c1ccc(F)c(F)c1Cl. The number of ether oxygens (including phenoxy) is 1. The molecule has 5 rings (SSSR count). The van der Waals surface area contributed by atoms with Crippen LogP contribution in [0.25, 0.3) is 0 Å². The number of methoxy groups -OCH3 is 1. The molecule has 10 nitrogen and oxygen atoms in total. The average Bonchev–Trinajstić information content (AvgIpc) is 3.54. The number of aliphatic carboxylic acids is 1. The Balaban J connectivity index is 1.41. The van der Waals surface area contributed by atoms with Crippen molar-refractivity contribution in [3.63, 3.8) is 0 Å². The number of rotatable bonds is 8. The highest BCUT2D eigenvalue weighted by atomic mass is 35.5. The zero-order valence-electron chi connectivity index (χ0n) is 23.3. The molecule has 1 atom stereocenters. The molecule has 1 aromatic carbocycles.